The van der Waals surface area contributed by atoms with E-state index in [1.807, 2.05) is 13.1 Å². The predicted molar refractivity (Wildman–Crippen MR) is 66.2 cm³/mol. The molecule has 0 bridgehead atoms. The first-order valence-electron chi connectivity index (χ1n) is 5.50. The molecule has 0 aliphatic carbocycles. The van der Waals surface area contributed by atoms with Crippen molar-refractivity contribution < 1.29 is 9.53 Å². The topological polar surface area (TPSA) is 79.9 Å². The monoisotopic (exact) mass is 246 g/mol. The molecule has 0 saturated carbocycles. The van der Waals surface area contributed by atoms with Crippen LogP contribution in [0.1, 0.15) is 29.0 Å². The number of nitrogens with zero attached hydrogens (tertiary/aromatic N) is 2. The number of aromatic amines is 1. The van der Waals surface area contributed by atoms with Crippen LogP contribution in [0.5, 0.6) is 0 Å². The van der Waals surface area contributed by atoms with Gasteiger partial charge in [-0.2, -0.15) is 5.10 Å². The van der Waals surface area contributed by atoms with E-state index in [4.69, 9.17) is 0 Å². The zero-order chi connectivity index (χ0) is 13.0. The summed E-state index contributed by atoms with van der Waals surface area (Å²) in [5, 5.41) is 9.91. The summed E-state index contributed by atoms with van der Waals surface area (Å²) in [6.45, 7) is 2.00. The molecule has 0 saturated heterocycles. The number of nitrogens with one attached hydrogen (secondary N) is 2. The Morgan fingerprint density at radius 1 is 1.56 bits per heavy atom. The first-order chi connectivity index (χ1) is 8.70. The molecule has 0 aliphatic heterocycles. The van der Waals surface area contributed by atoms with Crippen LogP contribution in [0.15, 0.2) is 30.7 Å². The molecule has 0 fully saturated rings. The summed E-state index contributed by atoms with van der Waals surface area (Å²) in [6.07, 6.45) is 5.14. The van der Waals surface area contributed by atoms with E-state index < -0.39 is 5.97 Å². The van der Waals surface area contributed by atoms with Crippen molar-refractivity contribution in [3.05, 3.63) is 42.0 Å². The number of rotatable bonds is 4. The molecular weight excluding hydrogens is 232 g/mol. The molecule has 0 aliphatic rings. The van der Waals surface area contributed by atoms with Gasteiger partial charge < -0.3 is 10.1 Å². The lowest BCUT2D eigenvalue weighted by Crippen LogP contribution is -2.08. The van der Waals surface area contributed by atoms with Gasteiger partial charge in [-0.15, -0.1) is 0 Å². The number of hydrogen-bond donors (Lipinski definition) is 2. The average Bonchev–Trinajstić information content (AvgIpc) is 2.92. The maximum Gasteiger partial charge on any atom is 0.356 e. The Labute approximate surface area is 104 Å². The van der Waals surface area contributed by atoms with Crippen LogP contribution < -0.4 is 5.32 Å². The summed E-state index contributed by atoms with van der Waals surface area (Å²) in [7, 11) is 1.33. The lowest BCUT2D eigenvalue weighted by Gasteiger charge is -2.13. The van der Waals surface area contributed by atoms with Gasteiger partial charge in [0.2, 0.25) is 0 Å². The fourth-order valence-electron chi connectivity index (χ4n) is 1.57. The first kappa shape index (κ1) is 12.1. The number of aromatic nitrogens is 3. The second kappa shape index (κ2) is 5.31. The Hall–Kier alpha value is -2.37. The van der Waals surface area contributed by atoms with Crippen molar-refractivity contribution >= 4 is 11.7 Å². The molecule has 6 heteroatoms. The third kappa shape index (κ3) is 2.65. The van der Waals surface area contributed by atoms with Crippen molar-refractivity contribution in [2.45, 2.75) is 13.0 Å². The van der Waals surface area contributed by atoms with E-state index in [1.54, 1.807) is 24.5 Å². The van der Waals surface area contributed by atoms with Crippen molar-refractivity contribution in [3.8, 4) is 0 Å². The van der Waals surface area contributed by atoms with Gasteiger partial charge in [0.15, 0.2) is 0 Å². The fourth-order valence-corrected chi connectivity index (χ4v) is 1.57. The molecule has 94 valence electrons. The molecule has 2 heterocycles. The number of H-pyrrole nitrogens is 1. The van der Waals surface area contributed by atoms with Crippen LogP contribution in [-0.4, -0.2) is 28.3 Å². The van der Waals surface area contributed by atoms with Crippen molar-refractivity contribution in [1.29, 1.82) is 0 Å². The second-order valence-electron chi connectivity index (χ2n) is 3.82. The summed E-state index contributed by atoms with van der Waals surface area (Å²) in [5.74, 6) is -0.449. The minimum absolute atomic E-state index is 0.0802. The number of methoxy groups -OCH3 is 1. The molecule has 0 aromatic carbocycles. The molecule has 2 aromatic heterocycles. The van der Waals surface area contributed by atoms with Crippen LogP contribution in [0.3, 0.4) is 0 Å². The van der Waals surface area contributed by atoms with Crippen LogP contribution >= 0.6 is 0 Å². The van der Waals surface area contributed by atoms with Gasteiger partial charge in [0.05, 0.1) is 19.3 Å². The maximum absolute atomic E-state index is 11.4. The summed E-state index contributed by atoms with van der Waals surface area (Å²) in [4.78, 5) is 15.3. The van der Waals surface area contributed by atoms with Crippen LogP contribution in [0.2, 0.25) is 0 Å². The SMILES string of the molecule is COC(=O)c1cc(NC(C)c2cn[nH]c2)ccn1. The normalized spacial score (nSPS) is 11.9. The standard InChI is InChI=1S/C12H14N4O2/c1-8(9-6-14-15-7-9)16-10-3-4-13-11(5-10)12(17)18-2/h3-8H,1-2H3,(H,13,16)(H,14,15). The smallest absolute Gasteiger partial charge is 0.356 e. The molecule has 2 rings (SSSR count). The molecular formula is C12H14N4O2. The van der Waals surface area contributed by atoms with Gasteiger partial charge in [-0.25, -0.2) is 9.78 Å². The molecule has 0 radical (unpaired) electrons. The first-order valence-corrected chi connectivity index (χ1v) is 5.50. The maximum atomic E-state index is 11.4. The molecule has 2 N–H and O–H groups in total. The third-order valence-corrected chi connectivity index (χ3v) is 2.56. The van der Waals surface area contributed by atoms with Crippen molar-refractivity contribution in [1.82, 2.24) is 15.2 Å². The van der Waals surface area contributed by atoms with E-state index in [2.05, 4.69) is 25.2 Å². The zero-order valence-corrected chi connectivity index (χ0v) is 10.2. The summed E-state index contributed by atoms with van der Waals surface area (Å²) >= 11 is 0. The number of pyridine rings is 1. The van der Waals surface area contributed by atoms with Crippen LogP contribution in [0.4, 0.5) is 5.69 Å². The highest BCUT2D eigenvalue weighted by atomic mass is 16.5. The molecule has 0 spiro atoms. The van der Waals surface area contributed by atoms with E-state index in [-0.39, 0.29) is 11.7 Å². The molecule has 1 atom stereocenters. The van der Waals surface area contributed by atoms with Crippen LogP contribution in [0.25, 0.3) is 0 Å². The Bertz CT molecular complexity index is 525. The molecule has 6 nitrogen and oxygen atoms in total. The number of hydrogen-bond acceptors (Lipinski definition) is 5. The highest BCUT2D eigenvalue weighted by Gasteiger charge is 2.10. The van der Waals surface area contributed by atoms with Crippen molar-refractivity contribution in [2.75, 3.05) is 12.4 Å². The van der Waals surface area contributed by atoms with Gasteiger partial charge >= 0.3 is 5.97 Å². The van der Waals surface area contributed by atoms with Gasteiger partial charge in [0, 0.05) is 23.6 Å². The summed E-state index contributed by atoms with van der Waals surface area (Å²) in [6, 6.07) is 3.53. The van der Waals surface area contributed by atoms with Crippen LogP contribution in [-0.2, 0) is 4.74 Å². The largest absolute Gasteiger partial charge is 0.464 e. The molecule has 0 amide bonds. The quantitative estimate of drug-likeness (QED) is 0.803. The van der Waals surface area contributed by atoms with Crippen LogP contribution in [0, 0.1) is 0 Å². The minimum atomic E-state index is -0.449. The summed E-state index contributed by atoms with van der Waals surface area (Å²) in [5.41, 5.74) is 2.12. The van der Waals surface area contributed by atoms with E-state index in [1.165, 1.54) is 7.11 Å². The minimum Gasteiger partial charge on any atom is -0.464 e. The van der Waals surface area contributed by atoms with Gasteiger partial charge in [0.25, 0.3) is 0 Å². The Morgan fingerprint density at radius 2 is 2.39 bits per heavy atom. The Kier molecular flexibility index (Phi) is 3.57. The molecule has 2 aromatic rings. The van der Waals surface area contributed by atoms with Gasteiger partial charge in [-0.1, -0.05) is 0 Å². The zero-order valence-electron chi connectivity index (χ0n) is 10.2. The molecule has 1 unspecified atom stereocenters. The van der Waals surface area contributed by atoms with E-state index in [0.717, 1.165) is 11.3 Å². The number of anilines is 1. The highest BCUT2D eigenvalue weighted by Crippen LogP contribution is 2.18. The van der Waals surface area contributed by atoms with E-state index in [9.17, 15) is 4.79 Å². The average molecular weight is 246 g/mol. The fraction of sp³-hybridized carbons (Fsp3) is 0.250. The molecule has 18 heavy (non-hydrogen) atoms. The number of ether oxygens (including phenoxy) is 1. The number of carbonyl (C=O) groups is 1. The van der Waals surface area contributed by atoms with E-state index in [0.29, 0.717) is 0 Å². The van der Waals surface area contributed by atoms with E-state index >= 15 is 0 Å². The Balaban J connectivity index is 2.12. The third-order valence-electron chi connectivity index (χ3n) is 2.56. The van der Waals surface area contributed by atoms with Gasteiger partial charge in [-0.05, 0) is 19.1 Å². The Morgan fingerprint density at radius 3 is 3.06 bits per heavy atom. The van der Waals surface area contributed by atoms with Gasteiger partial charge in [0.1, 0.15) is 5.69 Å². The second-order valence-corrected chi connectivity index (χ2v) is 3.82. The predicted octanol–water partition coefficient (Wildman–Crippen LogP) is 1.76. The van der Waals surface area contributed by atoms with Crippen molar-refractivity contribution in [2.24, 2.45) is 0 Å². The van der Waals surface area contributed by atoms with Crippen molar-refractivity contribution in [3.63, 3.8) is 0 Å². The summed E-state index contributed by atoms with van der Waals surface area (Å²) < 4.78 is 4.62. The highest BCUT2D eigenvalue weighted by molar-refractivity contribution is 5.88. The van der Waals surface area contributed by atoms with Gasteiger partial charge in [-0.3, -0.25) is 5.10 Å². The number of esters is 1. The number of carbonyl (C=O) groups excluding carboxylic acids is 1. The lowest BCUT2D eigenvalue weighted by atomic mass is 10.2. The lowest BCUT2D eigenvalue weighted by molar-refractivity contribution is 0.0594.